The van der Waals surface area contributed by atoms with E-state index >= 15 is 0 Å². The first-order valence-electron chi connectivity index (χ1n) is 9.75. The van der Waals surface area contributed by atoms with Gasteiger partial charge in [0, 0.05) is 29.6 Å². The number of esters is 1. The van der Waals surface area contributed by atoms with Crippen LogP contribution >= 0.6 is 11.3 Å². The number of carbonyl (C=O) groups is 2. The second-order valence-corrected chi connectivity index (χ2v) is 8.60. The third-order valence-electron chi connectivity index (χ3n) is 5.47. The normalized spacial score (nSPS) is 14.1. The van der Waals surface area contributed by atoms with Crippen molar-refractivity contribution < 1.29 is 14.3 Å². The van der Waals surface area contributed by atoms with Crippen LogP contribution in [0.3, 0.4) is 0 Å². The van der Waals surface area contributed by atoms with Crippen LogP contribution in [0.25, 0.3) is 10.8 Å². The molecule has 0 saturated carbocycles. The summed E-state index contributed by atoms with van der Waals surface area (Å²) in [5.41, 5.74) is 2.10. The Morgan fingerprint density at radius 2 is 1.90 bits per heavy atom. The number of ether oxygens (including phenoxy) is 1. The molecule has 0 fully saturated rings. The number of nitrogens with one attached hydrogen (secondary N) is 1. The molecule has 29 heavy (non-hydrogen) atoms. The molecule has 0 atom stereocenters. The Bertz CT molecular complexity index is 1080. The summed E-state index contributed by atoms with van der Waals surface area (Å²) in [4.78, 5) is 29.1. The molecule has 0 spiro atoms. The molecule has 2 heterocycles. The number of benzene rings is 2. The number of hydrogen-bond donors (Lipinski definition) is 1. The zero-order valence-electron chi connectivity index (χ0n) is 16.8. The highest BCUT2D eigenvalue weighted by Crippen LogP contribution is 2.38. The average Bonchev–Trinajstić information content (AvgIpc) is 3.09. The molecule has 0 radical (unpaired) electrons. The standard InChI is InChI=1S/C23H24N2O3S/c1-14(2)25-12-11-18-19(13-25)29-22(20(18)23(27)28-3)24-21(26)17-10-6-8-15-7-4-5-9-16(15)17/h4-10,14H,11-13H2,1-3H3,(H,24,26). The molecule has 2 aromatic carbocycles. The van der Waals surface area contributed by atoms with E-state index in [9.17, 15) is 9.59 Å². The first-order chi connectivity index (χ1) is 14.0. The topological polar surface area (TPSA) is 58.6 Å². The number of hydrogen-bond acceptors (Lipinski definition) is 5. The molecule has 3 aromatic rings. The van der Waals surface area contributed by atoms with E-state index < -0.39 is 5.97 Å². The summed E-state index contributed by atoms with van der Waals surface area (Å²) in [5.74, 6) is -0.611. The van der Waals surface area contributed by atoms with Crippen LogP contribution in [0.1, 0.15) is 45.0 Å². The van der Waals surface area contributed by atoms with Crippen LogP contribution in [0, 0.1) is 0 Å². The van der Waals surface area contributed by atoms with Crippen molar-refractivity contribution in [3.8, 4) is 0 Å². The maximum Gasteiger partial charge on any atom is 0.341 e. The van der Waals surface area contributed by atoms with E-state index in [-0.39, 0.29) is 5.91 Å². The molecule has 0 saturated heterocycles. The van der Waals surface area contributed by atoms with Crippen LogP contribution in [0.5, 0.6) is 0 Å². The highest BCUT2D eigenvalue weighted by atomic mass is 32.1. The Balaban J connectivity index is 1.71. The fourth-order valence-corrected chi connectivity index (χ4v) is 5.12. The molecule has 0 bridgehead atoms. The molecule has 4 rings (SSSR count). The minimum Gasteiger partial charge on any atom is -0.465 e. The van der Waals surface area contributed by atoms with Gasteiger partial charge >= 0.3 is 5.97 Å². The maximum atomic E-state index is 13.1. The summed E-state index contributed by atoms with van der Waals surface area (Å²) in [6, 6.07) is 13.9. The highest BCUT2D eigenvalue weighted by Gasteiger charge is 2.30. The van der Waals surface area contributed by atoms with E-state index in [2.05, 4.69) is 24.1 Å². The van der Waals surface area contributed by atoms with Crippen molar-refractivity contribution in [2.45, 2.75) is 32.9 Å². The van der Waals surface area contributed by atoms with Gasteiger partial charge < -0.3 is 10.1 Å². The average molecular weight is 409 g/mol. The fourth-order valence-electron chi connectivity index (χ4n) is 3.86. The Morgan fingerprint density at radius 1 is 1.14 bits per heavy atom. The number of thiophene rings is 1. The summed E-state index contributed by atoms with van der Waals surface area (Å²) >= 11 is 1.48. The molecule has 1 aliphatic heterocycles. The van der Waals surface area contributed by atoms with Gasteiger partial charge in [0.25, 0.3) is 5.91 Å². The van der Waals surface area contributed by atoms with E-state index in [0.717, 1.165) is 40.7 Å². The largest absolute Gasteiger partial charge is 0.465 e. The van der Waals surface area contributed by atoms with Gasteiger partial charge in [-0.05, 0) is 42.7 Å². The zero-order chi connectivity index (χ0) is 20.5. The molecule has 0 aliphatic carbocycles. The van der Waals surface area contributed by atoms with Gasteiger partial charge in [0.15, 0.2) is 0 Å². The van der Waals surface area contributed by atoms with Crippen molar-refractivity contribution in [2.24, 2.45) is 0 Å². The minimum absolute atomic E-state index is 0.216. The predicted octanol–water partition coefficient (Wildman–Crippen LogP) is 4.71. The lowest BCUT2D eigenvalue weighted by atomic mass is 10.0. The van der Waals surface area contributed by atoms with E-state index in [0.29, 0.717) is 22.2 Å². The third-order valence-corrected chi connectivity index (χ3v) is 6.60. The van der Waals surface area contributed by atoms with Gasteiger partial charge in [0.2, 0.25) is 0 Å². The number of amides is 1. The molecule has 0 unspecified atom stereocenters. The molecular weight excluding hydrogens is 384 g/mol. The van der Waals surface area contributed by atoms with E-state index in [1.807, 2.05) is 42.5 Å². The monoisotopic (exact) mass is 408 g/mol. The Labute approximate surface area is 174 Å². The van der Waals surface area contributed by atoms with Gasteiger partial charge in [-0.15, -0.1) is 11.3 Å². The Kier molecular flexibility index (Phi) is 5.39. The summed E-state index contributed by atoms with van der Waals surface area (Å²) < 4.78 is 5.04. The van der Waals surface area contributed by atoms with Crippen LogP contribution in [0.4, 0.5) is 5.00 Å². The number of methoxy groups -OCH3 is 1. The summed E-state index contributed by atoms with van der Waals surface area (Å²) in [6.07, 6.45) is 0.776. The van der Waals surface area contributed by atoms with Gasteiger partial charge in [-0.3, -0.25) is 9.69 Å². The number of nitrogens with zero attached hydrogens (tertiary/aromatic N) is 1. The SMILES string of the molecule is COC(=O)c1c(NC(=O)c2cccc3ccccc23)sc2c1CCN(C(C)C)C2. The number of fused-ring (bicyclic) bond motifs is 2. The van der Waals surface area contributed by atoms with Crippen molar-refractivity contribution in [1.82, 2.24) is 4.90 Å². The molecule has 1 aliphatic rings. The molecule has 6 heteroatoms. The summed E-state index contributed by atoms with van der Waals surface area (Å²) in [5, 5.41) is 5.46. The number of rotatable bonds is 4. The van der Waals surface area contributed by atoms with Gasteiger partial charge in [-0.25, -0.2) is 4.79 Å². The van der Waals surface area contributed by atoms with Crippen molar-refractivity contribution in [2.75, 3.05) is 19.0 Å². The van der Waals surface area contributed by atoms with Crippen LogP contribution in [0.15, 0.2) is 42.5 Å². The van der Waals surface area contributed by atoms with Gasteiger partial charge in [0.05, 0.1) is 12.7 Å². The number of anilines is 1. The quantitative estimate of drug-likeness (QED) is 0.636. The second kappa shape index (κ2) is 7.97. The van der Waals surface area contributed by atoms with Crippen LogP contribution in [-0.2, 0) is 17.7 Å². The molecular formula is C23H24N2O3S. The van der Waals surface area contributed by atoms with Gasteiger partial charge in [-0.2, -0.15) is 0 Å². The van der Waals surface area contributed by atoms with E-state index in [1.165, 1.54) is 18.4 Å². The Morgan fingerprint density at radius 3 is 2.66 bits per heavy atom. The highest BCUT2D eigenvalue weighted by molar-refractivity contribution is 7.17. The lowest BCUT2D eigenvalue weighted by Gasteiger charge is -2.30. The van der Waals surface area contributed by atoms with Crippen molar-refractivity contribution in [1.29, 1.82) is 0 Å². The molecule has 150 valence electrons. The van der Waals surface area contributed by atoms with Crippen molar-refractivity contribution in [3.05, 3.63) is 64.0 Å². The van der Waals surface area contributed by atoms with E-state index in [1.54, 1.807) is 0 Å². The first kappa shape index (κ1) is 19.6. The first-order valence-corrected chi connectivity index (χ1v) is 10.6. The van der Waals surface area contributed by atoms with Crippen molar-refractivity contribution in [3.63, 3.8) is 0 Å². The van der Waals surface area contributed by atoms with Crippen LogP contribution < -0.4 is 5.32 Å². The number of carbonyl (C=O) groups excluding carboxylic acids is 2. The van der Waals surface area contributed by atoms with Gasteiger partial charge in [0.1, 0.15) is 5.00 Å². The third kappa shape index (κ3) is 3.66. The molecule has 1 amide bonds. The van der Waals surface area contributed by atoms with E-state index in [4.69, 9.17) is 4.74 Å². The lowest BCUT2D eigenvalue weighted by Crippen LogP contribution is -2.35. The minimum atomic E-state index is -0.395. The zero-order valence-corrected chi connectivity index (χ0v) is 17.6. The Hall–Kier alpha value is -2.70. The summed E-state index contributed by atoms with van der Waals surface area (Å²) in [6.45, 7) is 6.01. The summed E-state index contributed by atoms with van der Waals surface area (Å²) in [7, 11) is 1.38. The van der Waals surface area contributed by atoms with Crippen molar-refractivity contribution >= 4 is 39.0 Å². The van der Waals surface area contributed by atoms with Crippen LogP contribution in [-0.4, -0.2) is 36.5 Å². The van der Waals surface area contributed by atoms with Crippen LogP contribution in [0.2, 0.25) is 0 Å². The van der Waals surface area contributed by atoms with Gasteiger partial charge in [-0.1, -0.05) is 36.4 Å². The molecule has 1 N–H and O–H groups in total. The maximum absolute atomic E-state index is 13.1. The molecule has 5 nitrogen and oxygen atoms in total. The predicted molar refractivity (Wildman–Crippen MR) is 117 cm³/mol. The lowest BCUT2D eigenvalue weighted by molar-refractivity contribution is 0.0600. The second-order valence-electron chi connectivity index (χ2n) is 7.49. The fraction of sp³-hybridized carbons (Fsp3) is 0.304. The molecule has 1 aromatic heterocycles. The smallest absolute Gasteiger partial charge is 0.341 e.